The monoisotopic (exact) mass is 287 g/mol. The second-order valence-corrected chi connectivity index (χ2v) is 4.83. The van der Waals surface area contributed by atoms with E-state index in [0.717, 1.165) is 17.1 Å². The van der Waals surface area contributed by atoms with Crippen LogP contribution < -0.4 is 10.6 Å². The topological polar surface area (TPSA) is 72.6 Å². The number of nitrogens with two attached hydrogens (primary N) is 1. The van der Waals surface area contributed by atoms with Gasteiger partial charge in [0, 0.05) is 18.3 Å². The molecule has 102 valence electrons. The number of anilines is 1. The Bertz CT molecular complexity index is 774. The molecule has 0 aliphatic carbocycles. The number of aryl methyl sites for hydroxylation is 1. The lowest BCUT2D eigenvalue weighted by Crippen LogP contribution is -2.31. The van der Waals surface area contributed by atoms with Gasteiger partial charge >= 0.3 is 0 Å². The van der Waals surface area contributed by atoms with Crippen LogP contribution in [-0.4, -0.2) is 26.8 Å². The van der Waals surface area contributed by atoms with Crippen molar-refractivity contribution < 1.29 is 4.42 Å². The maximum Gasteiger partial charge on any atom is 0.246 e. The average molecular weight is 287 g/mol. The first-order valence-corrected chi connectivity index (χ1v) is 6.42. The van der Waals surface area contributed by atoms with Crippen molar-refractivity contribution in [2.24, 2.45) is 5.73 Å². The van der Waals surface area contributed by atoms with Gasteiger partial charge in [-0.3, -0.25) is 0 Å². The van der Waals surface area contributed by atoms with Gasteiger partial charge in [0.1, 0.15) is 5.82 Å². The van der Waals surface area contributed by atoms with Gasteiger partial charge < -0.3 is 15.1 Å². The number of rotatable bonds is 2. The number of fused-ring (bicyclic) bond motifs is 1. The molecule has 1 aromatic carbocycles. The lowest BCUT2D eigenvalue weighted by atomic mass is 10.2. The first-order valence-electron chi connectivity index (χ1n) is 6.01. The number of hydrogen-bond acceptors (Lipinski definition) is 4. The van der Waals surface area contributed by atoms with Crippen molar-refractivity contribution in [2.45, 2.75) is 6.92 Å². The van der Waals surface area contributed by atoms with Crippen molar-refractivity contribution in [1.82, 2.24) is 14.6 Å². The molecule has 6 nitrogen and oxygen atoms in total. The second kappa shape index (κ2) is 4.61. The Labute approximate surface area is 120 Å². The Morgan fingerprint density at radius 3 is 2.65 bits per heavy atom. The summed E-state index contributed by atoms with van der Waals surface area (Å²) in [7, 11) is 1.82. The molecule has 7 heteroatoms. The third kappa shape index (κ3) is 2.01. The van der Waals surface area contributed by atoms with Crippen molar-refractivity contribution in [3.8, 4) is 11.5 Å². The smallest absolute Gasteiger partial charge is 0.246 e. The van der Waals surface area contributed by atoms with E-state index in [-0.39, 0.29) is 0 Å². The maximum atomic E-state index is 5.65. The molecule has 0 aliphatic rings. The lowest BCUT2D eigenvalue weighted by molar-refractivity contribution is 0.617. The van der Waals surface area contributed by atoms with Gasteiger partial charge in [-0.15, -0.1) is 5.10 Å². The van der Waals surface area contributed by atoms with Gasteiger partial charge in [0.2, 0.25) is 11.6 Å². The highest BCUT2D eigenvalue weighted by Gasteiger charge is 2.11. The molecule has 0 amide bonds. The number of nitrogens with zero attached hydrogens (tertiary/aromatic N) is 4. The Morgan fingerprint density at radius 1 is 1.35 bits per heavy atom. The van der Waals surface area contributed by atoms with Crippen LogP contribution in [-0.2, 0) is 0 Å². The van der Waals surface area contributed by atoms with Crippen LogP contribution >= 0.6 is 12.2 Å². The molecule has 0 spiro atoms. The van der Waals surface area contributed by atoms with Crippen LogP contribution in [0.15, 0.2) is 34.9 Å². The molecular weight excluding hydrogens is 274 g/mol. The van der Waals surface area contributed by atoms with Gasteiger partial charge in [-0.1, -0.05) is 0 Å². The summed E-state index contributed by atoms with van der Waals surface area (Å²) in [6, 6.07) is 7.66. The van der Waals surface area contributed by atoms with Crippen LogP contribution in [0.5, 0.6) is 0 Å². The van der Waals surface area contributed by atoms with E-state index in [1.54, 1.807) is 15.6 Å². The van der Waals surface area contributed by atoms with E-state index >= 15 is 0 Å². The molecule has 0 saturated heterocycles. The quantitative estimate of drug-likeness (QED) is 0.727. The van der Waals surface area contributed by atoms with Crippen molar-refractivity contribution in [1.29, 1.82) is 0 Å². The summed E-state index contributed by atoms with van der Waals surface area (Å²) < 4.78 is 7.32. The third-order valence-corrected chi connectivity index (χ3v) is 3.38. The van der Waals surface area contributed by atoms with Crippen molar-refractivity contribution in [3.05, 3.63) is 36.3 Å². The highest BCUT2D eigenvalue weighted by molar-refractivity contribution is 7.80. The largest absolute Gasteiger partial charge is 0.417 e. The van der Waals surface area contributed by atoms with Crippen molar-refractivity contribution in [2.75, 3.05) is 11.9 Å². The summed E-state index contributed by atoms with van der Waals surface area (Å²) in [5.41, 5.74) is 8.01. The zero-order chi connectivity index (χ0) is 14.3. The van der Waals surface area contributed by atoms with E-state index in [2.05, 4.69) is 10.1 Å². The molecule has 3 aromatic rings. The van der Waals surface area contributed by atoms with Crippen LogP contribution in [0.1, 0.15) is 5.82 Å². The molecule has 2 aromatic heterocycles. The van der Waals surface area contributed by atoms with E-state index in [1.807, 2.05) is 38.2 Å². The highest BCUT2D eigenvalue weighted by atomic mass is 32.1. The molecule has 2 heterocycles. The van der Waals surface area contributed by atoms with E-state index in [0.29, 0.717) is 16.7 Å². The Kier molecular flexibility index (Phi) is 2.90. The molecule has 3 rings (SSSR count). The van der Waals surface area contributed by atoms with Crippen molar-refractivity contribution >= 4 is 28.7 Å². The van der Waals surface area contributed by atoms with Crippen LogP contribution in [0, 0.1) is 6.92 Å². The molecule has 0 saturated carbocycles. The zero-order valence-corrected chi connectivity index (χ0v) is 11.9. The minimum atomic E-state index is 0.324. The predicted molar refractivity (Wildman–Crippen MR) is 80.6 cm³/mol. The normalized spacial score (nSPS) is 10.9. The Hall–Kier alpha value is -2.41. The van der Waals surface area contributed by atoms with Gasteiger partial charge in [0.05, 0.1) is 6.20 Å². The second-order valence-electron chi connectivity index (χ2n) is 4.41. The molecule has 0 atom stereocenters. The van der Waals surface area contributed by atoms with E-state index in [4.69, 9.17) is 22.4 Å². The van der Waals surface area contributed by atoms with Crippen LogP contribution in [0.2, 0.25) is 0 Å². The fourth-order valence-corrected chi connectivity index (χ4v) is 2.00. The minimum Gasteiger partial charge on any atom is -0.417 e. The lowest BCUT2D eigenvalue weighted by Gasteiger charge is -2.16. The fourth-order valence-electron chi connectivity index (χ4n) is 1.89. The van der Waals surface area contributed by atoms with Gasteiger partial charge in [0.25, 0.3) is 0 Å². The van der Waals surface area contributed by atoms with Gasteiger partial charge in [-0.05, 0) is 43.4 Å². The molecule has 0 bridgehead atoms. The minimum absolute atomic E-state index is 0.324. The van der Waals surface area contributed by atoms with Gasteiger partial charge in [0.15, 0.2) is 5.11 Å². The number of hydrogen-bond donors (Lipinski definition) is 1. The fraction of sp³-hybridized carbons (Fsp3) is 0.154. The molecular formula is C13H13N5OS. The van der Waals surface area contributed by atoms with E-state index < -0.39 is 0 Å². The zero-order valence-electron chi connectivity index (χ0n) is 11.1. The van der Waals surface area contributed by atoms with Crippen LogP contribution in [0.4, 0.5) is 5.69 Å². The standard InChI is InChI=1S/C13H13N5OS/c1-8-15-7-11-18(8)16-12(19-11)9-3-5-10(6-4-9)17(2)13(14)20/h3-7H,1-2H3,(H2,14,20). The Morgan fingerprint density at radius 2 is 2.05 bits per heavy atom. The van der Waals surface area contributed by atoms with E-state index in [9.17, 15) is 0 Å². The maximum absolute atomic E-state index is 5.65. The predicted octanol–water partition coefficient (Wildman–Crippen LogP) is 1.98. The molecule has 20 heavy (non-hydrogen) atoms. The number of aromatic nitrogens is 3. The van der Waals surface area contributed by atoms with Crippen LogP contribution in [0.3, 0.4) is 0 Å². The SMILES string of the molecule is Cc1ncc2oc(-c3ccc(N(C)C(N)=S)cc3)nn12. The first kappa shape index (κ1) is 12.6. The molecule has 0 aliphatic heterocycles. The highest BCUT2D eigenvalue weighted by Crippen LogP contribution is 2.23. The number of thiocarbonyl (C=S) groups is 1. The van der Waals surface area contributed by atoms with Gasteiger partial charge in [-0.2, -0.15) is 4.52 Å². The van der Waals surface area contributed by atoms with Crippen molar-refractivity contribution in [3.63, 3.8) is 0 Å². The summed E-state index contributed by atoms with van der Waals surface area (Å²) in [5, 5.41) is 4.70. The molecule has 0 unspecified atom stereocenters. The number of benzene rings is 1. The summed E-state index contributed by atoms with van der Waals surface area (Å²) in [6.07, 6.45) is 1.65. The third-order valence-electron chi connectivity index (χ3n) is 3.10. The number of imidazole rings is 1. The summed E-state index contributed by atoms with van der Waals surface area (Å²) >= 11 is 4.94. The van der Waals surface area contributed by atoms with Crippen LogP contribution in [0.25, 0.3) is 17.2 Å². The van der Waals surface area contributed by atoms with Gasteiger partial charge in [-0.25, -0.2) is 4.98 Å². The molecule has 2 N–H and O–H groups in total. The molecule has 0 fully saturated rings. The summed E-state index contributed by atoms with van der Waals surface area (Å²) in [5.74, 6) is 1.34. The summed E-state index contributed by atoms with van der Waals surface area (Å²) in [4.78, 5) is 5.85. The first-order chi connectivity index (χ1) is 9.56. The average Bonchev–Trinajstić information content (AvgIpc) is 3.01. The Balaban J connectivity index is 1.96. The summed E-state index contributed by atoms with van der Waals surface area (Å²) in [6.45, 7) is 1.87. The molecule has 0 radical (unpaired) electrons. The van der Waals surface area contributed by atoms with E-state index in [1.165, 1.54) is 0 Å².